The summed E-state index contributed by atoms with van der Waals surface area (Å²) in [6, 6.07) is 17.3. The topological polar surface area (TPSA) is 91.5 Å². The number of rotatable bonds is 6. The highest BCUT2D eigenvalue weighted by atomic mass is 32.2. The molecule has 1 aliphatic rings. The van der Waals surface area contributed by atoms with Crippen molar-refractivity contribution in [1.29, 1.82) is 0 Å². The van der Waals surface area contributed by atoms with E-state index in [0.717, 1.165) is 12.8 Å². The molecule has 0 radical (unpaired) electrons. The van der Waals surface area contributed by atoms with Gasteiger partial charge in [0.05, 0.1) is 5.69 Å². The van der Waals surface area contributed by atoms with Crippen LogP contribution >= 0.6 is 0 Å². The number of carbonyl (C=O) groups excluding carboxylic acids is 1. The molecule has 1 aromatic heterocycles. The fourth-order valence-corrected chi connectivity index (χ4v) is 4.25. The van der Waals surface area contributed by atoms with E-state index < -0.39 is 10.0 Å². The van der Waals surface area contributed by atoms with Crippen LogP contribution in [0.25, 0.3) is 0 Å². The summed E-state index contributed by atoms with van der Waals surface area (Å²) in [6.45, 7) is 1.40. The number of sulfonamides is 1. The van der Waals surface area contributed by atoms with E-state index in [1.165, 1.54) is 12.3 Å². The smallest absolute Gasteiger partial charge is 0.270 e. The first kappa shape index (κ1) is 19.1. The van der Waals surface area contributed by atoms with Crippen LogP contribution in [0.15, 0.2) is 71.8 Å². The molecule has 8 heteroatoms. The van der Waals surface area contributed by atoms with Crippen LogP contribution in [0.5, 0.6) is 11.5 Å². The molecule has 1 saturated heterocycles. The van der Waals surface area contributed by atoms with E-state index in [9.17, 15) is 13.2 Å². The zero-order chi connectivity index (χ0) is 20.3. The molecular weight excluding hydrogens is 390 g/mol. The minimum Gasteiger partial charge on any atom is -0.457 e. The van der Waals surface area contributed by atoms with Gasteiger partial charge in [-0.25, -0.2) is 8.42 Å². The lowest BCUT2D eigenvalue weighted by atomic mass is 10.3. The molecule has 3 aromatic rings. The maximum Gasteiger partial charge on any atom is 0.270 e. The van der Waals surface area contributed by atoms with Gasteiger partial charge in [-0.1, -0.05) is 24.3 Å². The minimum absolute atomic E-state index is 0.00873. The maximum absolute atomic E-state index is 12.7. The third kappa shape index (κ3) is 4.43. The Hall–Kier alpha value is -3.26. The lowest BCUT2D eigenvalue weighted by Crippen LogP contribution is -2.27. The third-order valence-electron chi connectivity index (χ3n) is 4.66. The van der Waals surface area contributed by atoms with Crippen LogP contribution in [0.1, 0.15) is 23.3 Å². The van der Waals surface area contributed by atoms with Crippen LogP contribution in [0.2, 0.25) is 0 Å². The number of amides is 1. The average molecular weight is 411 g/mol. The monoisotopic (exact) mass is 411 g/mol. The minimum atomic E-state index is -3.85. The Morgan fingerprint density at radius 2 is 1.69 bits per heavy atom. The summed E-state index contributed by atoms with van der Waals surface area (Å²) >= 11 is 0. The Kier molecular flexibility index (Phi) is 5.26. The molecule has 0 bridgehead atoms. The summed E-state index contributed by atoms with van der Waals surface area (Å²) in [5.41, 5.74) is 0.639. The molecular formula is C21H21N3O4S. The molecule has 4 rings (SSSR count). The van der Waals surface area contributed by atoms with Gasteiger partial charge in [-0.15, -0.1) is 0 Å². The van der Waals surface area contributed by atoms with Crippen molar-refractivity contribution in [3.05, 3.63) is 72.6 Å². The molecule has 2 aromatic carbocycles. The van der Waals surface area contributed by atoms with Gasteiger partial charge in [0.15, 0.2) is 0 Å². The molecule has 1 fully saturated rings. The number of aromatic nitrogens is 1. The van der Waals surface area contributed by atoms with E-state index in [1.807, 2.05) is 30.3 Å². The molecule has 7 nitrogen and oxygen atoms in total. The number of ether oxygens (including phenoxy) is 1. The van der Waals surface area contributed by atoms with Gasteiger partial charge in [-0.2, -0.15) is 0 Å². The van der Waals surface area contributed by atoms with E-state index in [4.69, 9.17) is 4.74 Å². The van der Waals surface area contributed by atoms with Crippen LogP contribution in [0.4, 0.5) is 5.69 Å². The van der Waals surface area contributed by atoms with Crippen molar-refractivity contribution in [2.24, 2.45) is 0 Å². The molecule has 0 atom stereocenters. The van der Waals surface area contributed by atoms with Crippen molar-refractivity contribution in [2.75, 3.05) is 17.8 Å². The summed E-state index contributed by atoms with van der Waals surface area (Å²) < 4.78 is 33.7. The summed E-state index contributed by atoms with van der Waals surface area (Å²) in [5, 5.41) is 0. The van der Waals surface area contributed by atoms with E-state index >= 15 is 0 Å². The average Bonchev–Trinajstić information content (AvgIpc) is 3.41. The van der Waals surface area contributed by atoms with Crippen molar-refractivity contribution in [3.63, 3.8) is 0 Å². The van der Waals surface area contributed by atoms with Gasteiger partial charge in [-0.05, 0) is 43.2 Å². The normalized spacial score (nSPS) is 14.0. The predicted octanol–water partition coefficient (Wildman–Crippen LogP) is 3.84. The highest BCUT2D eigenvalue weighted by molar-refractivity contribution is 7.92. The molecule has 2 heterocycles. The number of likely N-dealkylation sites (tertiary alicyclic amines) is 1. The number of aromatic amines is 1. The lowest BCUT2D eigenvalue weighted by molar-refractivity contribution is 0.0787. The second kappa shape index (κ2) is 8.00. The number of para-hydroxylation sites is 1. The Bertz CT molecular complexity index is 1100. The Morgan fingerprint density at radius 1 is 0.966 bits per heavy atom. The summed E-state index contributed by atoms with van der Waals surface area (Å²) in [6.07, 6.45) is 3.27. The molecule has 0 aliphatic carbocycles. The van der Waals surface area contributed by atoms with Crippen molar-refractivity contribution in [1.82, 2.24) is 9.88 Å². The van der Waals surface area contributed by atoms with Crippen LogP contribution in [0.3, 0.4) is 0 Å². The van der Waals surface area contributed by atoms with Gasteiger partial charge in [0, 0.05) is 25.4 Å². The SMILES string of the molecule is O=C(c1cc(S(=O)(=O)Nc2cccc(Oc3ccccc3)c2)c[nH]1)N1CCCC1. The molecule has 0 spiro atoms. The second-order valence-corrected chi connectivity index (χ2v) is 8.48. The summed E-state index contributed by atoms with van der Waals surface area (Å²) in [7, 11) is -3.85. The molecule has 0 saturated carbocycles. The Balaban J connectivity index is 1.49. The van der Waals surface area contributed by atoms with Crippen LogP contribution in [-0.2, 0) is 10.0 Å². The molecule has 1 aliphatic heterocycles. The highest BCUT2D eigenvalue weighted by Gasteiger charge is 2.23. The lowest BCUT2D eigenvalue weighted by Gasteiger charge is -2.13. The molecule has 1 amide bonds. The number of carbonyl (C=O) groups is 1. The largest absolute Gasteiger partial charge is 0.457 e. The van der Waals surface area contributed by atoms with Gasteiger partial charge in [0.2, 0.25) is 0 Å². The fraction of sp³-hybridized carbons (Fsp3) is 0.190. The van der Waals surface area contributed by atoms with Crippen molar-refractivity contribution < 1.29 is 17.9 Å². The number of benzene rings is 2. The van der Waals surface area contributed by atoms with Gasteiger partial charge in [0.1, 0.15) is 22.1 Å². The zero-order valence-electron chi connectivity index (χ0n) is 15.7. The first-order valence-corrected chi connectivity index (χ1v) is 10.8. The maximum atomic E-state index is 12.7. The number of nitrogens with zero attached hydrogens (tertiary/aromatic N) is 1. The zero-order valence-corrected chi connectivity index (χ0v) is 16.5. The van der Waals surface area contributed by atoms with E-state index in [-0.39, 0.29) is 16.5 Å². The van der Waals surface area contributed by atoms with Crippen LogP contribution in [-0.4, -0.2) is 37.3 Å². The van der Waals surface area contributed by atoms with Crippen LogP contribution < -0.4 is 9.46 Å². The number of H-pyrrole nitrogens is 1. The number of nitrogens with one attached hydrogen (secondary N) is 2. The second-order valence-electron chi connectivity index (χ2n) is 6.80. The van der Waals surface area contributed by atoms with Crippen molar-refractivity contribution >= 4 is 21.6 Å². The first-order valence-electron chi connectivity index (χ1n) is 9.35. The molecule has 29 heavy (non-hydrogen) atoms. The van der Waals surface area contributed by atoms with Gasteiger partial charge in [0.25, 0.3) is 15.9 Å². The van der Waals surface area contributed by atoms with E-state index in [2.05, 4.69) is 9.71 Å². The van der Waals surface area contributed by atoms with Crippen molar-refractivity contribution in [3.8, 4) is 11.5 Å². The Labute approximate surface area is 169 Å². The highest BCUT2D eigenvalue weighted by Crippen LogP contribution is 2.25. The third-order valence-corrected chi connectivity index (χ3v) is 6.02. The number of hydrogen-bond donors (Lipinski definition) is 2. The first-order chi connectivity index (χ1) is 14.0. The van der Waals surface area contributed by atoms with E-state index in [0.29, 0.717) is 30.3 Å². The Morgan fingerprint density at radius 3 is 2.45 bits per heavy atom. The quantitative estimate of drug-likeness (QED) is 0.645. The predicted molar refractivity (Wildman–Crippen MR) is 110 cm³/mol. The molecule has 0 unspecified atom stereocenters. The molecule has 150 valence electrons. The van der Waals surface area contributed by atoms with E-state index in [1.54, 1.807) is 29.2 Å². The molecule has 2 N–H and O–H groups in total. The summed E-state index contributed by atoms with van der Waals surface area (Å²) in [5.74, 6) is 0.987. The number of hydrogen-bond acceptors (Lipinski definition) is 4. The standard InChI is InChI=1S/C21H21N3O4S/c25-21(24-11-4-5-12-24)20-14-19(15-22-20)29(26,27)23-16-7-6-10-18(13-16)28-17-8-2-1-3-9-17/h1-3,6-10,13-15,22-23H,4-5,11-12H2. The van der Waals surface area contributed by atoms with Crippen molar-refractivity contribution in [2.45, 2.75) is 17.7 Å². The van der Waals surface area contributed by atoms with Gasteiger partial charge < -0.3 is 14.6 Å². The van der Waals surface area contributed by atoms with Crippen LogP contribution in [0, 0.1) is 0 Å². The number of anilines is 1. The van der Waals surface area contributed by atoms with Gasteiger partial charge >= 0.3 is 0 Å². The fourth-order valence-electron chi connectivity index (χ4n) is 3.21. The summed E-state index contributed by atoms with van der Waals surface area (Å²) in [4.78, 5) is 16.9. The van der Waals surface area contributed by atoms with Gasteiger partial charge in [-0.3, -0.25) is 9.52 Å².